The van der Waals surface area contributed by atoms with Crippen molar-refractivity contribution in [3.05, 3.63) is 120 Å². The zero-order valence-corrected chi connectivity index (χ0v) is 22.9. The fraction of sp³-hybridized carbons (Fsp3) is 0.216. The molecular formula is C37H31FN2. The van der Waals surface area contributed by atoms with Gasteiger partial charge in [-0.2, -0.15) is 5.10 Å². The molecule has 0 amide bonds. The van der Waals surface area contributed by atoms with Crippen molar-refractivity contribution in [2.24, 2.45) is 0 Å². The van der Waals surface area contributed by atoms with Crippen LogP contribution < -0.4 is 0 Å². The molecule has 0 atom stereocenters. The average molecular weight is 523 g/mol. The van der Waals surface area contributed by atoms with E-state index in [-0.39, 0.29) is 11.2 Å². The molecule has 0 bridgehead atoms. The number of aromatic nitrogens is 2. The molecule has 0 aliphatic heterocycles. The highest BCUT2D eigenvalue weighted by Gasteiger charge is 2.40. The van der Waals surface area contributed by atoms with Crippen LogP contribution in [0.15, 0.2) is 97.1 Å². The normalized spacial score (nSPS) is 15.5. The van der Waals surface area contributed by atoms with E-state index in [9.17, 15) is 4.39 Å². The van der Waals surface area contributed by atoms with E-state index < -0.39 is 0 Å². The fourth-order valence-corrected chi connectivity index (χ4v) is 7.31. The molecule has 2 heterocycles. The van der Waals surface area contributed by atoms with Crippen molar-refractivity contribution in [3.63, 3.8) is 0 Å². The van der Waals surface area contributed by atoms with E-state index in [1.807, 2.05) is 6.07 Å². The van der Waals surface area contributed by atoms with Gasteiger partial charge >= 0.3 is 0 Å². The Balaban J connectivity index is 1.49. The summed E-state index contributed by atoms with van der Waals surface area (Å²) >= 11 is 0. The molecule has 2 nitrogen and oxygen atoms in total. The first kappa shape index (κ1) is 23.6. The highest BCUT2D eigenvalue weighted by molar-refractivity contribution is 6.07. The van der Waals surface area contributed by atoms with Crippen LogP contribution >= 0.6 is 0 Å². The highest BCUT2D eigenvalue weighted by Crippen LogP contribution is 2.54. The van der Waals surface area contributed by atoms with Crippen molar-refractivity contribution in [2.45, 2.75) is 50.9 Å². The van der Waals surface area contributed by atoms with Gasteiger partial charge in [-0.25, -0.2) is 8.91 Å². The van der Waals surface area contributed by atoms with Crippen molar-refractivity contribution >= 4 is 16.3 Å². The molecule has 4 aromatic carbocycles. The lowest BCUT2D eigenvalue weighted by Crippen LogP contribution is -2.23. The molecule has 40 heavy (non-hydrogen) atoms. The van der Waals surface area contributed by atoms with Crippen LogP contribution in [0.2, 0.25) is 0 Å². The zero-order valence-electron chi connectivity index (χ0n) is 22.9. The summed E-state index contributed by atoms with van der Waals surface area (Å²) in [6.07, 6.45) is 4.40. The smallest absolute Gasteiger partial charge is 0.123 e. The van der Waals surface area contributed by atoms with Crippen LogP contribution in [0.4, 0.5) is 4.39 Å². The summed E-state index contributed by atoms with van der Waals surface area (Å²) in [5.41, 5.74) is 12.2. The van der Waals surface area contributed by atoms with Gasteiger partial charge in [0, 0.05) is 33.5 Å². The van der Waals surface area contributed by atoms with E-state index >= 15 is 0 Å². The lowest BCUT2D eigenvalue weighted by Gasteiger charge is -2.30. The first-order chi connectivity index (χ1) is 19.6. The number of benzene rings is 4. The van der Waals surface area contributed by atoms with Crippen LogP contribution in [0.1, 0.15) is 62.3 Å². The molecule has 8 rings (SSSR count). The minimum absolute atomic E-state index is 0.0117. The number of fused-ring (bicyclic) bond motifs is 6. The summed E-state index contributed by atoms with van der Waals surface area (Å²) in [5.74, 6) is 0.266. The minimum atomic E-state index is -0.200. The molecule has 1 fully saturated rings. The molecule has 2 aromatic heterocycles. The number of nitrogens with zero attached hydrogens (tertiary/aromatic N) is 2. The van der Waals surface area contributed by atoms with Gasteiger partial charge in [0.2, 0.25) is 0 Å². The van der Waals surface area contributed by atoms with Crippen molar-refractivity contribution in [1.82, 2.24) is 9.61 Å². The van der Waals surface area contributed by atoms with Gasteiger partial charge in [0.25, 0.3) is 0 Å². The molecule has 0 N–H and O–H groups in total. The van der Waals surface area contributed by atoms with Crippen LogP contribution in [-0.2, 0) is 5.41 Å². The Morgan fingerprint density at radius 2 is 1.52 bits per heavy atom. The number of hydrogen-bond acceptors (Lipinski definition) is 1. The molecule has 2 aliphatic rings. The second-order valence-corrected chi connectivity index (χ2v) is 11.5. The van der Waals surface area contributed by atoms with Gasteiger partial charge in [0.1, 0.15) is 11.5 Å². The van der Waals surface area contributed by atoms with E-state index in [4.69, 9.17) is 5.10 Å². The molecule has 196 valence electrons. The molecule has 0 spiro atoms. The van der Waals surface area contributed by atoms with Gasteiger partial charge in [0.05, 0.1) is 5.52 Å². The Morgan fingerprint density at radius 3 is 2.30 bits per heavy atom. The van der Waals surface area contributed by atoms with Gasteiger partial charge < -0.3 is 0 Å². The van der Waals surface area contributed by atoms with Crippen LogP contribution in [0, 0.1) is 5.82 Å². The van der Waals surface area contributed by atoms with Gasteiger partial charge in [-0.15, -0.1) is 0 Å². The largest absolute Gasteiger partial charge is 0.236 e. The lowest BCUT2D eigenvalue weighted by atomic mass is 9.73. The topological polar surface area (TPSA) is 17.3 Å². The fourth-order valence-electron chi connectivity index (χ4n) is 7.31. The van der Waals surface area contributed by atoms with Crippen LogP contribution in [-0.4, -0.2) is 9.61 Å². The summed E-state index contributed by atoms with van der Waals surface area (Å²) in [5, 5.41) is 7.31. The third-order valence-corrected chi connectivity index (χ3v) is 9.51. The minimum Gasteiger partial charge on any atom is -0.236 e. The predicted octanol–water partition coefficient (Wildman–Crippen LogP) is 9.92. The van der Waals surface area contributed by atoms with E-state index in [0.29, 0.717) is 5.92 Å². The van der Waals surface area contributed by atoms with E-state index in [1.165, 1.54) is 33.5 Å². The first-order valence-corrected chi connectivity index (χ1v) is 14.6. The van der Waals surface area contributed by atoms with Crippen molar-refractivity contribution in [2.75, 3.05) is 0 Å². The van der Waals surface area contributed by atoms with E-state index in [2.05, 4.69) is 97.2 Å². The molecule has 1 saturated carbocycles. The maximum absolute atomic E-state index is 14.5. The Labute approximate surface area is 234 Å². The molecule has 0 radical (unpaired) electrons. The first-order valence-electron chi connectivity index (χ1n) is 14.6. The number of halogens is 1. The summed E-state index contributed by atoms with van der Waals surface area (Å²) < 4.78 is 16.7. The summed E-state index contributed by atoms with van der Waals surface area (Å²) in [4.78, 5) is 0. The zero-order chi connectivity index (χ0) is 27.0. The van der Waals surface area contributed by atoms with Crippen LogP contribution in [0.25, 0.3) is 49.8 Å². The molecular weight excluding hydrogens is 491 g/mol. The summed E-state index contributed by atoms with van der Waals surface area (Å²) in [6, 6.07) is 33.8. The van der Waals surface area contributed by atoms with Crippen LogP contribution in [0.5, 0.6) is 0 Å². The second kappa shape index (κ2) is 8.63. The molecule has 2 aliphatic carbocycles. The maximum Gasteiger partial charge on any atom is 0.123 e. The molecule has 3 heteroatoms. The van der Waals surface area contributed by atoms with Crippen molar-refractivity contribution in [1.29, 1.82) is 0 Å². The second-order valence-electron chi connectivity index (χ2n) is 11.5. The molecule has 0 unspecified atom stereocenters. The van der Waals surface area contributed by atoms with Crippen molar-refractivity contribution < 1.29 is 4.39 Å². The lowest BCUT2D eigenvalue weighted by molar-refractivity contribution is 0.490. The Morgan fingerprint density at radius 1 is 0.775 bits per heavy atom. The maximum atomic E-state index is 14.5. The van der Waals surface area contributed by atoms with Crippen LogP contribution in [0.3, 0.4) is 0 Å². The van der Waals surface area contributed by atoms with Gasteiger partial charge in [0.15, 0.2) is 0 Å². The number of rotatable bonds is 5. The van der Waals surface area contributed by atoms with E-state index in [0.717, 1.165) is 58.8 Å². The van der Waals surface area contributed by atoms with Gasteiger partial charge in [-0.3, -0.25) is 0 Å². The highest BCUT2D eigenvalue weighted by atomic mass is 19.1. The van der Waals surface area contributed by atoms with Crippen molar-refractivity contribution in [3.8, 4) is 33.5 Å². The van der Waals surface area contributed by atoms with Gasteiger partial charge in [-0.1, -0.05) is 80.6 Å². The molecule has 0 saturated heterocycles. The Hall–Kier alpha value is -4.24. The summed E-state index contributed by atoms with van der Waals surface area (Å²) in [6.45, 7) is 4.63. The predicted molar refractivity (Wildman–Crippen MR) is 162 cm³/mol. The monoisotopic (exact) mass is 522 g/mol. The van der Waals surface area contributed by atoms with Gasteiger partial charge in [-0.05, 0) is 89.2 Å². The quantitative estimate of drug-likeness (QED) is 0.220. The average Bonchev–Trinajstić information content (AvgIpc) is 3.71. The SMILES string of the molecule is CCC1(CC)c2ccccc2-c2ccc(-c3c(-c4ccccc4)nn4c(C5CC5)cc5cc(F)ccc5c34)cc21. The third kappa shape index (κ3) is 3.24. The number of hydrogen-bond donors (Lipinski definition) is 0. The van der Waals surface area contributed by atoms with E-state index in [1.54, 1.807) is 12.1 Å². The molecule has 6 aromatic rings. The Bertz CT molecular complexity index is 1940. The number of pyridine rings is 1. The standard InChI is InChI=1S/C37H31FN2/c1-3-37(4-2)31-13-9-8-12-29(31)30-18-16-25(21-32(30)37)34-35(24-10-6-5-7-11-24)39-40-33(23-14-15-23)22-26-20-27(38)17-19-28(26)36(34)40/h5-13,16-23H,3-4,14-15H2,1-2H3. The third-order valence-electron chi connectivity index (χ3n) is 9.51. The Kier molecular flexibility index (Phi) is 5.10. The summed E-state index contributed by atoms with van der Waals surface area (Å²) in [7, 11) is 0.